The van der Waals surface area contributed by atoms with E-state index in [1.807, 2.05) is 0 Å². The van der Waals surface area contributed by atoms with Crippen LogP contribution in [0, 0.1) is 5.92 Å². The van der Waals surface area contributed by atoms with Gasteiger partial charge in [0.05, 0.1) is 5.69 Å². The molecule has 0 unspecified atom stereocenters. The zero-order valence-corrected chi connectivity index (χ0v) is 7.62. The predicted octanol–water partition coefficient (Wildman–Crippen LogP) is 1.70. The van der Waals surface area contributed by atoms with Gasteiger partial charge in [-0.15, -0.1) is 0 Å². The summed E-state index contributed by atoms with van der Waals surface area (Å²) in [6, 6.07) is 2.97. The molecule has 1 aliphatic rings. The molecule has 1 heterocycles. The summed E-state index contributed by atoms with van der Waals surface area (Å²) in [5.74, 6) is -0.878. The standard InChI is InChI=1S/C10H11NO3/c12-9(6-2-1-3-6)7-4-5-8(11-7)10(13)14/h4-6,11H,1-3H2,(H,13,14). The van der Waals surface area contributed by atoms with Crippen LogP contribution in [0.25, 0.3) is 0 Å². The maximum absolute atomic E-state index is 11.6. The van der Waals surface area contributed by atoms with Gasteiger partial charge in [0.1, 0.15) is 5.69 Å². The Labute approximate surface area is 80.9 Å². The number of carbonyl (C=O) groups is 2. The molecule has 14 heavy (non-hydrogen) atoms. The molecule has 0 aliphatic heterocycles. The second kappa shape index (κ2) is 3.29. The van der Waals surface area contributed by atoms with E-state index in [9.17, 15) is 9.59 Å². The van der Waals surface area contributed by atoms with E-state index < -0.39 is 5.97 Å². The van der Waals surface area contributed by atoms with E-state index in [2.05, 4.69) is 4.98 Å². The summed E-state index contributed by atoms with van der Waals surface area (Å²) in [4.78, 5) is 24.8. The number of hydrogen-bond donors (Lipinski definition) is 2. The van der Waals surface area contributed by atoms with E-state index >= 15 is 0 Å². The number of rotatable bonds is 3. The smallest absolute Gasteiger partial charge is 0.352 e. The summed E-state index contributed by atoms with van der Waals surface area (Å²) in [7, 11) is 0. The van der Waals surface area contributed by atoms with Crippen molar-refractivity contribution >= 4 is 11.8 Å². The highest BCUT2D eigenvalue weighted by atomic mass is 16.4. The van der Waals surface area contributed by atoms with Gasteiger partial charge in [-0.2, -0.15) is 0 Å². The first kappa shape index (κ1) is 8.99. The fraction of sp³-hybridized carbons (Fsp3) is 0.400. The van der Waals surface area contributed by atoms with Crippen LogP contribution in [0.1, 0.15) is 40.2 Å². The quantitative estimate of drug-likeness (QED) is 0.717. The van der Waals surface area contributed by atoms with Crippen molar-refractivity contribution in [2.75, 3.05) is 0 Å². The van der Waals surface area contributed by atoms with Crippen LogP contribution in [0.5, 0.6) is 0 Å². The molecule has 0 spiro atoms. The first-order valence-electron chi connectivity index (χ1n) is 4.65. The number of aromatic nitrogens is 1. The third-order valence-corrected chi connectivity index (χ3v) is 2.66. The fourth-order valence-corrected chi connectivity index (χ4v) is 1.55. The van der Waals surface area contributed by atoms with Gasteiger partial charge in [0, 0.05) is 5.92 Å². The molecular formula is C10H11NO3. The highest BCUT2D eigenvalue weighted by Gasteiger charge is 2.27. The lowest BCUT2D eigenvalue weighted by molar-refractivity contribution is 0.0691. The van der Waals surface area contributed by atoms with Crippen molar-refractivity contribution in [3.63, 3.8) is 0 Å². The van der Waals surface area contributed by atoms with E-state index in [1.54, 1.807) is 6.07 Å². The van der Waals surface area contributed by atoms with E-state index in [1.165, 1.54) is 6.07 Å². The van der Waals surface area contributed by atoms with E-state index in [-0.39, 0.29) is 17.4 Å². The van der Waals surface area contributed by atoms with Crippen molar-refractivity contribution in [1.82, 2.24) is 4.98 Å². The van der Waals surface area contributed by atoms with Crippen LogP contribution >= 0.6 is 0 Å². The lowest BCUT2D eigenvalue weighted by Gasteiger charge is -2.22. The van der Waals surface area contributed by atoms with Crippen molar-refractivity contribution in [3.05, 3.63) is 23.5 Å². The van der Waals surface area contributed by atoms with Crippen LogP contribution in [0.4, 0.5) is 0 Å². The second-order valence-corrected chi connectivity index (χ2v) is 3.58. The lowest BCUT2D eigenvalue weighted by Crippen LogP contribution is -2.22. The number of aromatic carboxylic acids is 1. The molecule has 0 bridgehead atoms. The molecule has 2 rings (SSSR count). The van der Waals surface area contributed by atoms with Gasteiger partial charge < -0.3 is 10.1 Å². The SMILES string of the molecule is O=C(O)c1ccc(C(=O)C2CCC2)[nH]1. The minimum absolute atomic E-state index is 0.0451. The Kier molecular flexibility index (Phi) is 2.11. The van der Waals surface area contributed by atoms with Crippen LogP contribution in [0.2, 0.25) is 0 Å². The Balaban J connectivity index is 2.15. The normalized spacial score (nSPS) is 16.3. The molecule has 0 atom stereocenters. The Morgan fingerprint density at radius 1 is 1.29 bits per heavy atom. The van der Waals surface area contributed by atoms with E-state index in [0.717, 1.165) is 19.3 Å². The number of carboxylic acid groups (broad SMARTS) is 1. The topological polar surface area (TPSA) is 70.2 Å². The molecule has 0 saturated heterocycles. The third-order valence-electron chi connectivity index (χ3n) is 2.66. The molecule has 1 aliphatic carbocycles. The average molecular weight is 193 g/mol. The summed E-state index contributed by atoms with van der Waals surface area (Å²) < 4.78 is 0. The number of nitrogens with one attached hydrogen (secondary N) is 1. The molecule has 1 aromatic rings. The Bertz CT molecular complexity index is 376. The first-order valence-corrected chi connectivity index (χ1v) is 4.65. The molecule has 1 aromatic heterocycles. The average Bonchev–Trinajstić information content (AvgIpc) is 2.48. The number of carboxylic acids is 1. The number of aromatic amines is 1. The molecule has 0 aromatic carbocycles. The molecule has 2 N–H and O–H groups in total. The maximum atomic E-state index is 11.6. The molecule has 1 saturated carbocycles. The minimum atomic E-state index is -1.03. The highest BCUT2D eigenvalue weighted by molar-refractivity contribution is 5.98. The van der Waals surface area contributed by atoms with Crippen LogP contribution < -0.4 is 0 Å². The van der Waals surface area contributed by atoms with Crippen molar-refractivity contribution in [1.29, 1.82) is 0 Å². The number of carbonyl (C=O) groups excluding carboxylic acids is 1. The third kappa shape index (κ3) is 1.43. The monoisotopic (exact) mass is 193 g/mol. The Morgan fingerprint density at radius 3 is 2.36 bits per heavy atom. The van der Waals surface area contributed by atoms with Crippen molar-refractivity contribution in [2.45, 2.75) is 19.3 Å². The number of H-pyrrole nitrogens is 1. The second-order valence-electron chi connectivity index (χ2n) is 3.58. The van der Waals surface area contributed by atoms with Crippen LogP contribution in [-0.2, 0) is 0 Å². The van der Waals surface area contributed by atoms with Crippen molar-refractivity contribution in [2.24, 2.45) is 5.92 Å². The van der Waals surface area contributed by atoms with Gasteiger partial charge in [0.15, 0.2) is 5.78 Å². The van der Waals surface area contributed by atoms with Crippen LogP contribution in [0.15, 0.2) is 12.1 Å². The first-order chi connectivity index (χ1) is 6.68. The number of hydrogen-bond acceptors (Lipinski definition) is 2. The minimum Gasteiger partial charge on any atom is -0.477 e. The summed E-state index contributed by atoms with van der Waals surface area (Å²) >= 11 is 0. The van der Waals surface area contributed by atoms with Gasteiger partial charge in [0.2, 0.25) is 0 Å². The number of Topliss-reactive ketones (excluding diaryl/α,β-unsaturated/α-hetero) is 1. The van der Waals surface area contributed by atoms with E-state index in [4.69, 9.17) is 5.11 Å². The van der Waals surface area contributed by atoms with Gasteiger partial charge in [-0.05, 0) is 25.0 Å². The lowest BCUT2D eigenvalue weighted by atomic mass is 9.81. The van der Waals surface area contributed by atoms with Gasteiger partial charge in [-0.1, -0.05) is 6.42 Å². The number of ketones is 1. The summed E-state index contributed by atoms with van der Waals surface area (Å²) in [6.07, 6.45) is 2.96. The molecular weight excluding hydrogens is 182 g/mol. The van der Waals surface area contributed by atoms with Crippen molar-refractivity contribution in [3.8, 4) is 0 Å². The molecule has 74 valence electrons. The highest BCUT2D eigenvalue weighted by Crippen LogP contribution is 2.29. The summed E-state index contributed by atoms with van der Waals surface area (Å²) in [6.45, 7) is 0. The van der Waals surface area contributed by atoms with Crippen molar-refractivity contribution < 1.29 is 14.7 Å². The Morgan fingerprint density at radius 2 is 1.93 bits per heavy atom. The summed E-state index contributed by atoms with van der Waals surface area (Å²) in [5, 5.41) is 8.65. The summed E-state index contributed by atoms with van der Waals surface area (Å²) in [5.41, 5.74) is 0.500. The molecule has 4 heteroatoms. The molecule has 1 fully saturated rings. The molecule has 0 amide bonds. The zero-order chi connectivity index (χ0) is 10.1. The van der Waals surface area contributed by atoms with Gasteiger partial charge in [0.25, 0.3) is 0 Å². The predicted molar refractivity (Wildman–Crippen MR) is 49.4 cm³/mol. The fourth-order valence-electron chi connectivity index (χ4n) is 1.55. The van der Waals surface area contributed by atoms with Crippen LogP contribution in [0.3, 0.4) is 0 Å². The maximum Gasteiger partial charge on any atom is 0.352 e. The zero-order valence-electron chi connectivity index (χ0n) is 7.62. The van der Waals surface area contributed by atoms with Gasteiger partial charge in [-0.3, -0.25) is 4.79 Å². The Hall–Kier alpha value is -1.58. The molecule has 0 radical (unpaired) electrons. The van der Waals surface area contributed by atoms with Crippen LogP contribution in [-0.4, -0.2) is 21.8 Å². The largest absolute Gasteiger partial charge is 0.477 e. The van der Waals surface area contributed by atoms with Gasteiger partial charge >= 0.3 is 5.97 Å². The molecule has 4 nitrogen and oxygen atoms in total. The van der Waals surface area contributed by atoms with Gasteiger partial charge in [-0.25, -0.2) is 4.79 Å². The van der Waals surface area contributed by atoms with E-state index in [0.29, 0.717) is 5.69 Å².